The third-order valence-electron chi connectivity index (χ3n) is 11.1. The number of hydrogen-bond donors (Lipinski definition) is 4. The average molecular weight is 863 g/mol. The molecular formula is C46H86O12S. The van der Waals surface area contributed by atoms with Gasteiger partial charge in [-0.1, -0.05) is 180 Å². The summed E-state index contributed by atoms with van der Waals surface area (Å²) in [5.74, 6) is -1.97. The fraction of sp³-hybridized carbons (Fsp3) is 0.913. The second kappa shape index (κ2) is 37.0. The fourth-order valence-electron chi connectivity index (χ4n) is 7.36. The Bertz CT molecular complexity index is 1150. The molecule has 0 bridgehead atoms. The maximum Gasteiger partial charge on any atom is 0.306 e. The highest BCUT2D eigenvalue weighted by Crippen LogP contribution is 2.24. The molecule has 0 amide bonds. The van der Waals surface area contributed by atoms with Crippen molar-refractivity contribution in [3.05, 3.63) is 12.2 Å². The molecule has 13 heteroatoms. The quantitative estimate of drug-likeness (QED) is 0.0198. The third kappa shape index (κ3) is 31.8. The predicted molar refractivity (Wildman–Crippen MR) is 234 cm³/mol. The number of allylic oxidation sites excluding steroid dienone is 2. The second-order valence-corrected chi connectivity index (χ2v) is 18.3. The molecule has 6 atom stereocenters. The van der Waals surface area contributed by atoms with E-state index in [9.17, 15) is 37.9 Å². The van der Waals surface area contributed by atoms with Crippen LogP contribution in [-0.4, -0.2) is 96.0 Å². The van der Waals surface area contributed by atoms with Crippen LogP contribution in [0.4, 0.5) is 0 Å². The largest absolute Gasteiger partial charge is 0.462 e. The summed E-state index contributed by atoms with van der Waals surface area (Å²) in [4.78, 5) is 25.4. The van der Waals surface area contributed by atoms with Crippen LogP contribution >= 0.6 is 0 Å². The molecule has 1 fully saturated rings. The Labute approximate surface area is 358 Å². The molecule has 1 aliphatic heterocycles. The number of rotatable bonds is 40. The minimum atomic E-state index is -4.60. The number of ether oxygens (including phenoxy) is 4. The molecule has 1 heterocycles. The number of esters is 2. The van der Waals surface area contributed by atoms with Crippen molar-refractivity contribution in [3.8, 4) is 0 Å². The lowest BCUT2D eigenvalue weighted by molar-refractivity contribution is -0.297. The fourth-order valence-corrected chi connectivity index (χ4v) is 8.06. The summed E-state index contributed by atoms with van der Waals surface area (Å²) in [6.45, 7) is 3.75. The van der Waals surface area contributed by atoms with E-state index in [2.05, 4.69) is 26.0 Å². The molecule has 12 nitrogen and oxygen atoms in total. The maximum absolute atomic E-state index is 12.8. The van der Waals surface area contributed by atoms with Crippen LogP contribution in [-0.2, 0) is 38.7 Å². The van der Waals surface area contributed by atoms with Crippen molar-refractivity contribution in [1.29, 1.82) is 0 Å². The van der Waals surface area contributed by atoms with E-state index < -0.39 is 71.2 Å². The molecule has 0 aromatic carbocycles. The molecular weight excluding hydrogens is 777 g/mol. The first-order chi connectivity index (χ1) is 28.5. The summed E-state index contributed by atoms with van der Waals surface area (Å²) >= 11 is 0. The normalized spacial score (nSPS) is 20.3. The monoisotopic (exact) mass is 863 g/mol. The SMILES string of the molecule is CCCC/C=C/CCCCCCCCCCCC(=O)OC[C@H](CO[C@H]1O[C@H](CS(=O)(=O)O)[C@@H](O)C(O)C1O)OC(=O)CCCCCCCCCCCCCCCCCC. The molecule has 2 unspecified atom stereocenters. The van der Waals surface area contributed by atoms with Gasteiger partial charge < -0.3 is 34.3 Å². The van der Waals surface area contributed by atoms with E-state index in [0.717, 1.165) is 38.5 Å². The van der Waals surface area contributed by atoms with Crippen LogP contribution in [0.15, 0.2) is 12.2 Å². The highest BCUT2D eigenvalue weighted by molar-refractivity contribution is 7.85. The van der Waals surface area contributed by atoms with Gasteiger partial charge in [0.25, 0.3) is 10.1 Å². The van der Waals surface area contributed by atoms with Crippen molar-refractivity contribution < 1.29 is 56.8 Å². The molecule has 1 rings (SSSR count). The van der Waals surface area contributed by atoms with Crippen molar-refractivity contribution in [2.24, 2.45) is 0 Å². The van der Waals surface area contributed by atoms with E-state index in [-0.39, 0.29) is 19.4 Å². The molecule has 0 aliphatic carbocycles. The summed E-state index contributed by atoms with van der Waals surface area (Å²) in [5.41, 5.74) is 0. The Morgan fingerprint density at radius 3 is 1.46 bits per heavy atom. The molecule has 4 N–H and O–H groups in total. The Morgan fingerprint density at radius 1 is 0.559 bits per heavy atom. The van der Waals surface area contributed by atoms with Gasteiger partial charge in [0.1, 0.15) is 36.8 Å². The van der Waals surface area contributed by atoms with Crippen LogP contribution in [0.5, 0.6) is 0 Å². The van der Waals surface area contributed by atoms with Crippen molar-refractivity contribution in [2.75, 3.05) is 19.0 Å². The number of carbonyl (C=O) groups excluding carboxylic acids is 2. The molecule has 1 saturated heterocycles. The Balaban J connectivity index is 2.41. The topological polar surface area (TPSA) is 186 Å². The van der Waals surface area contributed by atoms with Crippen LogP contribution in [0.3, 0.4) is 0 Å². The summed E-state index contributed by atoms with van der Waals surface area (Å²) in [7, 11) is -4.60. The first-order valence-corrected chi connectivity index (χ1v) is 25.4. The number of aliphatic hydroxyl groups is 3. The van der Waals surface area contributed by atoms with Gasteiger partial charge in [-0.3, -0.25) is 14.1 Å². The van der Waals surface area contributed by atoms with E-state index in [1.54, 1.807) is 0 Å². The molecule has 0 aromatic heterocycles. The summed E-state index contributed by atoms with van der Waals surface area (Å²) in [5, 5.41) is 30.9. The summed E-state index contributed by atoms with van der Waals surface area (Å²) in [6.07, 6.45) is 29.6. The standard InChI is InChI=1S/C46H86O12S/c1-3-5-7-9-11-13-15-17-19-21-23-25-27-29-31-33-35-42(48)57-39(37-56-46-45(51)44(50)43(49)40(58-46)38-59(52,53)54)36-55-41(47)34-32-30-28-26-24-22-20-18-16-14-12-10-8-6-4-2/h10,12,39-40,43-46,49-51H,3-9,11,13-38H2,1-2H3,(H,52,53,54)/b12-10+/t39-,40-,43-,44?,45?,46+/m1/s1. The Morgan fingerprint density at radius 2 is 0.983 bits per heavy atom. The van der Waals surface area contributed by atoms with Gasteiger partial charge in [-0.05, 0) is 32.1 Å². The average Bonchev–Trinajstić information content (AvgIpc) is 3.20. The maximum atomic E-state index is 12.8. The van der Waals surface area contributed by atoms with Crippen LogP contribution in [0.1, 0.15) is 213 Å². The van der Waals surface area contributed by atoms with Crippen LogP contribution in [0.25, 0.3) is 0 Å². The lowest BCUT2D eigenvalue weighted by Crippen LogP contribution is -2.60. The smallest absolute Gasteiger partial charge is 0.306 e. The van der Waals surface area contributed by atoms with Gasteiger partial charge >= 0.3 is 11.9 Å². The zero-order valence-corrected chi connectivity index (χ0v) is 37.9. The van der Waals surface area contributed by atoms with Gasteiger partial charge in [-0.15, -0.1) is 0 Å². The minimum absolute atomic E-state index is 0.170. The van der Waals surface area contributed by atoms with E-state index in [1.807, 2.05) is 0 Å². The zero-order valence-electron chi connectivity index (χ0n) is 37.1. The van der Waals surface area contributed by atoms with Gasteiger partial charge in [0.2, 0.25) is 0 Å². The van der Waals surface area contributed by atoms with E-state index in [0.29, 0.717) is 12.8 Å². The first kappa shape index (κ1) is 55.4. The molecule has 59 heavy (non-hydrogen) atoms. The van der Waals surface area contributed by atoms with E-state index in [1.165, 1.54) is 135 Å². The van der Waals surface area contributed by atoms with Crippen molar-refractivity contribution in [3.63, 3.8) is 0 Å². The Kier molecular flexibility index (Phi) is 34.7. The summed E-state index contributed by atoms with van der Waals surface area (Å²) < 4.78 is 54.1. The van der Waals surface area contributed by atoms with Crippen LogP contribution < -0.4 is 0 Å². The number of hydrogen-bond acceptors (Lipinski definition) is 11. The third-order valence-corrected chi connectivity index (χ3v) is 11.8. The van der Waals surface area contributed by atoms with Crippen molar-refractivity contribution in [2.45, 2.75) is 250 Å². The molecule has 0 radical (unpaired) electrons. The molecule has 0 saturated carbocycles. The molecule has 0 aromatic rings. The first-order valence-electron chi connectivity index (χ1n) is 23.7. The summed E-state index contributed by atoms with van der Waals surface area (Å²) in [6, 6.07) is 0. The molecule has 0 spiro atoms. The van der Waals surface area contributed by atoms with Crippen LogP contribution in [0.2, 0.25) is 0 Å². The van der Waals surface area contributed by atoms with Gasteiger partial charge in [-0.25, -0.2) is 0 Å². The Hall–Kier alpha value is -1.61. The lowest BCUT2D eigenvalue weighted by Gasteiger charge is -2.40. The number of carbonyl (C=O) groups is 2. The van der Waals surface area contributed by atoms with Gasteiger partial charge in [0, 0.05) is 12.8 Å². The van der Waals surface area contributed by atoms with Crippen LogP contribution in [0, 0.1) is 0 Å². The predicted octanol–water partition coefficient (Wildman–Crippen LogP) is 9.84. The lowest BCUT2D eigenvalue weighted by atomic mass is 10.00. The molecule has 348 valence electrons. The van der Waals surface area contributed by atoms with E-state index in [4.69, 9.17) is 18.9 Å². The van der Waals surface area contributed by atoms with Crippen molar-refractivity contribution in [1.82, 2.24) is 0 Å². The zero-order chi connectivity index (χ0) is 43.4. The van der Waals surface area contributed by atoms with Gasteiger partial charge in [0.05, 0.1) is 6.61 Å². The van der Waals surface area contributed by atoms with Gasteiger partial charge in [-0.2, -0.15) is 8.42 Å². The number of aliphatic hydroxyl groups excluding tert-OH is 3. The highest BCUT2D eigenvalue weighted by atomic mass is 32.2. The van der Waals surface area contributed by atoms with Crippen molar-refractivity contribution >= 4 is 22.1 Å². The second-order valence-electron chi connectivity index (χ2n) is 16.8. The molecule has 1 aliphatic rings. The van der Waals surface area contributed by atoms with Gasteiger partial charge in [0.15, 0.2) is 12.4 Å². The highest BCUT2D eigenvalue weighted by Gasteiger charge is 2.46. The van der Waals surface area contributed by atoms with E-state index >= 15 is 0 Å². The minimum Gasteiger partial charge on any atom is -0.462 e. The number of unbranched alkanes of at least 4 members (excludes halogenated alkanes) is 26.